The molecular weight excluding hydrogens is 360 g/mol. The van der Waals surface area contributed by atoms with Crippen LogP contribution in [-0.2, 0) is 17.0 Å². The molecule has 1 amide bonds. The second kappa shape index (κ2) is 9.01. The summed E-state index contributed by atoms with van der Waals surface area (Å²) in [7, 11) is 0. The lowest BCUT2D eigenvalue weighted by Gasteiger charge is -2.10. The van der Waals surface area contributed by atoms with Crippen LogP contribution in [0.2, 0.25) is 0 Å². The number of carbonyl (C=O) groups is 1. The molecule has 0 fully saturated rings. The molecule has 2 aromatic carbocycles. The molecule has 0 saturated heterocycles. The smallest absolute Gasteiger partial charge is 0.238 e. The van der Waals surface area contributed by atoms with E-state index in [0.29, 0.717) is 5.13 Å². The molecule has 0 saturated carbocycles. The van der Waals surface area contributed by atoms with Crippen molar-refractivity contribution in [1.29, 1.82) is 0 Å². The van der Waals surface area contributed by atoms with Gasteiger partial charge in [0.15, 0.2) is 5.13 Å². The summed E-state index contributed by atoms with van der Waals surface area (Å²) in [5.41, 5.74) is 4.51. The minimum absolute atomic E-state index is 0.00633. The molecule has 134 valence electrons. The molecule has 0 aliphatic rings. The lowest BCUT2D eigenvalue weighted by molar-refractivity contribution is -0.115. The van der Waals surface area contributed by atoms with Crippen molar-refractivity contribution < 1.29 is 4.79 Å². The Morgan fingerprint density at radius 1 is 1.12 bits per heavy atom. The van der Waals surface area contributed by atoms with Crippen LogP contribution < -0.4 is 5.32 Å². The van der Waals surface area contributed by atoms with E-state index in [4.69, 9.17) is 0 Å². The van der Waals surface area contributed by atoms with E-state index in [9.17, 15) is 4.79 Å². The fourth-order valence-corrected chi connectivity index (χ4v) is 4.02. The SMILES string of the molecule is CCc1ccc(-c2csc(NC(=O)[C@@H](C)SCc3ccccc3)n2)cc1. The number of benzene rings is 2. The summed E-state index contributed by atoms with van der Waals surface area (Å²) in [6.07, 6.45) is 1.02. The number of nitrogens with one attached hydrogen (secondary N) is 1. The van der Waals surface area contributed by atoms with Crippen molar-refractivity contribution in [3.8, 4) is 11.3 Å². The third kappa shape index (κ3) is 4.96. The maximum atomic E-state index is 12.4. The molecule has 0 aliphatic heterocycles. The van der Waals surface area contributed by atoms with Crippen LogP contribution in [0.3, 0.4) is 0 Å². The molecule has 3 rings (SSSR count). The van der Waals surface area contributed by atoms with Gasteiger partial charge in [-0.1, -0.05) is 61.5 Å². The summed E-state index contributed by atoms with van der Waals surface area (Å²) in [6.45, 7) is 4.07. The van der Waals surface area contributed by atoms with E-state index in [1.54, 1.807) is 11.8 Å². The molecular formula is C21H22N2OS2. The highest BCUT2D eigenvalue weighted by molar-refractivity contribution is 7.99. The first kappa shape index (κ1) is 18.7. The van der Waals surface area contributed by atoms with E-state index >= 15 is 0 Å². The normalized spacial score (nSPS) is 11.9. The summed E-state index contributed by atoms with van der Waals surface area (Å²) in [5.74, 6) is 0.815. The predicted octanol–water partition coefficient (Wildman–Crippen LogP) is 5.63. The molecule has 0 radical (unpaired) electrons. The number of nitrogens with zero attached hydrogens (tertiary/aromatic N) is 1. The molecule has 3 nitrogen and oxygen atoms in total. The van der Waals surface area contributed by atoms with Gasteiger partial charge in [-0.3, -0.25) is 4.79 Å². The van der Waals surface area contributed by atoms with Crippen molar-refractivity contribution in [2.75, 3.05) is 5.32 Å². The number of rotatable bonds is 7. The van der Waals surface area contributed by atoms with Crippen molar-refractivity contribution in [1.82, 2.24) is 4.98 Å². The first-order valence-corrected chi connectivity index (χ1v) is 10.6. The van der Waals surface area contributed by atoms with E-state index in [1.165, 1.54) is 22.5 Å². The molecule has 1 N–H and O–H groups in total. The topological polar surface area (TPSA) is 42.0 Å². The van der Waals surface area contributed by atoms with Crippen LogP contribution in [0.15, 0.2) is 60.0 Å². The molecule has 1 heterocycles. The van der Waals surface area contributed by atoms with Crippen molar-refractivity contribution in [3.05, 3.63) is 71.1 Å². The molecule has 1 atom stereocenters. The number of thiazole rings is 1. The molecule has 3 aromatic rings. The summed E-state index contributed by atoms with van der Waals surface area (Å²) >= 11 is 3.09. The fraction of sp³-hybridized carbons (Fsp3) is 0.238. The highest BCUT2D eigenvalue weighted by Crippen LogP contribution is 2.26. The van der Waals surface area contributed by atoms with E-state index in [1.807, 2.05) is 30.5 Å². The Labute approximate surface area is 162 Å². The molecule has 0 bridgehead atoms. The molecule has 0 spiro atoms. The molecule has 0 aliphatic carbocycles. The molecule has 5 heteroatoms. The summed E-state index contributed by atoms with van der Waals surface area (Å²) in [6, 6.07) is 18.6. The number of carbonyl (C=O) groups excluding carboxylic acids is 1. The van der Waals surface area contributed by atoms with Gasteiger partial charge < -0.3 is 5.32 Å². The Balaban J connectivity index is 1.56. The van der Waals surface area contributed by atoms with Gasteiger partial charge in [0.2, 0.25) is 5.91 Å². The third-order valence-electron chi connectivity index (χ3n) is 4.10. The van der Waals surface area contributed by atoms with Crippen LogP contribution in [0.5, 0.6) is 0 Å². The number of thioether (sulfide) groups is 1. The first-order valence-electron chi connectivity index (χ1n) is 8.67. The number of anilines is 1. The summed E-state index contributed by atoms with van der Waals surface area (Å²) in [5, 5.41) is 5.44. The number of amides is 1. The highest BCUT2D eigenvalue weighted by atomic mass is 32.2. The monoisotopic (exact) mass is 382 g/mol. The minimum Gasteiger partial charge on any atom is -0.301 e. The lowest BCUT2D eigenvalue weighted by atomic mass is 10.1. The minimum atomic E-state index is -0.133. The van der Waals surface area contributed by atoms with Crippen LogP contribution in [-0.4, -0.2) is 16.1 Å². The van der Waals surface area contributed by atoms with E-state index in [-0.39, 0.29) is 11.2 Å². The van der Waals surface area contributed by atoms with Gasteiger partial charge in [-0.25, -0.2) is 4.98 Å². The number of hydrogen-bond acceptors (Lipinski definition) is 4. The second-order valence-electron chi connectivity index (χ2n) is 6.02. The van der Waals surface area contributed by atoms with E-state index < -0.39 is 0 Å². The lowest BCUT2D eigenvalue weighted by Crippen LogP contribution is -2.22. The molecule has 0 unspecified atom stereocenters. The zero-order valence-corrected chi connectivity index (χ0v) is 16.6. The maximum absolute atomic E-state index is 12.4. The average molecular weight is 383 g/mol. The highest BCUT2D eigenvalue weighted by Gasteiger charge is 2.15. The third-order valence-corrected chi connectivity index (χ3v) is 6.08. The quantitative estimate of drug-likeness (QED) is 0.575. The van der Waals surface area contributed by atoms with Gasteiger partial charge in [-0.2, -0.15) is 0 Å². The van der Waals surface area contributed by atoms with E-state index in [0.717, 1.165) is 23.4 Å². The van der Waals surface area contributed by atoms with Crippen LogP contribution in [0, 0.1) is 0 Å². The predicted molar refractivity (Wildman–Crippen MR) is 113 cm³/mol. The second-order valence-corrected chi connectivity index (χ2v) is 8.20. The largest absolute Gasteiger partial charge is 0.301 e. The molecule has 1 aromatic heterocycles. The van der Waals surface area contributed by atoms with Crippen LogP contribution in [0.4, 0.5) is 5.13 Å². The Kier molecular flexibility index (Phi) is 6.47. The number of aryl methyl sites for hydroxylation is 1. The maximum Gasteiger partial charge on any atom is 0.238 e. The number of aromatic nitrogens is 1. The van der Waals surface area contributed by atoms with Gasteiger partial charge in [-0.05, 0) is 24.5 Å². The van der Waals surface area contributed by atoms with Gasteiger partial charge in [0, 0.05) is 16.7 Å². The van der Waals surface area contributed by atoms with Crippen LogP contribution >= 0.6 is 23.1 Å². The van der Waals surface area contributed by atoms with Crippen molar-refractivity contribution >= 4 is 34.1 Å². The van der Waals surface area contributed by atoms with Gasteiger partial charge in [0.05, 0.1) is 10.9 Å². The first-order chi connectivity index (χ1) is 12.7. The fourth-order valence-electron chi connectivity index (χ4n) is 2.45. The van der Waals surface area contributed by atoms with Gasteiger partial charge >= 0.3 is 0 Å². The number of hydrogen-bond donors (Lipinski definition) is 1. The zero-order chi connectivity index (χ0) is 18.4. The summed E-state index contributed by atoms with van der Waals surface area (Å²) in [4.78, 5) is 17.0. The Bertz CT molecular complexity index is 844. The zero-order valence-electron chi connectivity index (χ0n) is 14.9. The van der Waals surface area contributed by atoms with Gasteiger partial charge in [0.1, 0.15) is 0 Å². The Hall–Kier alpha value is -2.11. The average Bonchev–Trinajstić information content (AvgIpc) is 3.15. The Morgan fingerprint density at radius 3 is 2.54 bits per heavy atom. The van der Waals surface area contributed by atoms with Gasteiger partial charge in [-0.15, -0.1) is 23.1 Å². The molecule has 26 heavy (non-hydrogen) atoms. The Morgan fingerprint density at radius 2 is 1.85 bits per heavy atom. The van der Waals surface area contributed by atoms with E-state index in [2.05, 4.69) is 53.6 Å². The van der Waals surface area contributed by atoms with Crippen molar-refractivity contribution in [3.63, 3.8) is 0 Å². The van der Waals surface area contributed by atoms with Crippen molar-refractivity contribution in [2.45, 2.75) is 31.3 Å². The van der Waals surface area contributed by atoms with Crippen LogP contribution in [0.25, 0.3) is 11.3 Å². The van der Waals surface area contributed by atoms with Crippen molar-refractivity contribution in [2.24, 2.45) is 0 Å². The van der Waals surface area contributed by atoms with Crippen LogP contribution in [0.1, 0.15) is 25.0 Å². The summed E-state index contributed by atoms with van der Waals surface area (Å²) < 4.78 is 0. The standard InChI is InChI=1S/C21H22N2OS2/c1-3-16-9-11-18(12-10-16)19-14-26-21(22-19)23-20(24)15(2)25-13-17-7-5-4-6-8-17/h4-12,14-15H,3,13H2,1-2H3,(H,22,23,24)/t15-/m1/s1. The van der Waals surface area contributed by atoms with Gasteiger partial charge in [0.25, 0.3) is 0 Å².